The summed E-state index contributed by atoms with van der Waals surface area (Å²) in [6, 6.07) is 18.4. The van der Waals surface area contributed by atoms with Crippen LogP contribution in [-0.2, 0) is 21.8 Å². The molecule has 0 aliphatic carbocycles. The highest BCUT2D eigenvalue weighted by Crippen LogP contribution is 2.32. The van der Waals surface area contributed by atoms with Gasteiger partial charge in [0.25, 0.3) is 0 Å². The standard InChI is InChI=1S/C23H23N5O2S3/c29-21(27-10-12-30-13-11-27)16-31-22-26-25-20(28(22)14-17-6-2-1-3-7-17)15-32-23-24-18-8-4-5-9-19(18)33-23/h1-9H,10-16H2. The average Bonchev–Trinajstić information content (AvgIpc) is 3.45. The van der Waals surface area contributed by atoms with Gasteiger partial charge in [-0.15, -0.1) is 21.5 Å². The number of aromatic nitrogens is 4. The quantitative estimate of drug-likeness (QED) is 0.338. The molecule has 3 heterocycles. The van der Waals surface area contributed by atoms with Crippen molar-refractivity contribution in [2.24, 2.45) is 0 Å². The molecule has 1 aliphatic rings. The van der Waals surface area contributed by atoms with E-state index in [0.29, 0.717) is 44.4 Å². The van der Waals surface area contributed by atoms with Crippen molar-refractivity contribution >= 4 is 51.0 Å². The van der Waals surface area contributed by atoms with Crippen molar-refractivity contribution in [3.05, 3.63) is 66.0 Å². The normalized spacial score (nSPS) is 14.1. The summed E-state index contributed by atoms with van der Waals surface area (Å²) in [5.74, 6) is 2.00. The van der Waals surface area contributed by atoms with Gasteiger partial charge in [-0.2, -0.15) is 0 Å². The van der Waals surface area contributed by atoms with E-state index in [4.69, 9.17) is 9.72 Å². The summed E-state index contributed by atoms with van der Waals surface area (Å²) >= 11 is 4.81. The molecule has 1 amide bonds. The monoisotopic (exact) mass is 497 g/mol. The highest BCUT2D eigenvalue weighted by molar-refractivity contribution is 8.00. The summed E-state index contributed by atoms with van der Waals surface area (Å²) < 4.78 is 9.67. The number of carbonyl (C=O) groups excluding carboxylic acids is 1. The Hall–Kier alpha value is -2.40. The molecule has 33 heavy (non-hydrogen) atoms. The number of thiazole rings is 1. The molecule has 0 bridgehead atoms. The van der Waals surface area contributed by atoms with Gasteiger partial charge in [-0.3, -0.25) is 4.79 Å². The third kappa shape index (κ3) is 5.57. The topological polar surface area (TPSA) is 73.1 Å². The van der Waals surface area contributed by atoms with Gasteiger partial charge in [0.2, 0.25) is 5.91 Å². The van der Waals surface area contributed by atoms with Crippen LogP contribution in [0.2, 0.25) is 0 Å². The Bertz CT molecular complexity index is 1190. The Kier molecular flexibility index (Phi) is 7.25. The fourth-order valence-corrected chi connectivity index (χ4v) is 6.39. The molecule has 170 valence electrons. The molecule has 0 unspecified atom stereocenters. The van der Waals surface area contributed by atoms with Crippen LogP contribution in [0.25, 0.3) is 10.2 Å². The Morgan fingerprint density at radius 1 is 1.00 bits per heavy atom. The zero-order valence-electron chi connectivity index (χ0n) is 17.9. The van der Waals surface area contributed by atoms with Crippen LogP contribution >= 0.6 is 34.9 Å². The van der Waals surface area contributed by atoms with Gasteiger partial charge in [0, 0.05) is 13.1 Å². The molecule has 2 aromatic heterocycles. The maximum absolute atomic E-state index is 12.6. The van der Waals surface area contributed by atoms with Crippen LogP contribution in [0.4, 0.5) is 0 Å². The molecule has 0 atom stereocenters. The molecule has 10 heteroatoms. The van der Waals surface area contributed by atoms with Crippen molar-refractivity contribution in [3.8, 4) is 0 Å². The van der Waals surface area contributed by atoms with Crippen LogP contribution in [0.3, 0.4) is 0 Å². The molecule has 1 aliphatic heterocycles. The van der Waals surface area contributed by atoms with Gasteiger partial charge in [0.15, 0.2) is 9.50 Å². The summed E-state index contributed by atoms with van der Waals surface area (Å²) in [6.45, 7) is 3.18. The minimum absolute atomic E-state index is 0.114. The Morgan fingerprint density at radius 2 is 1.79 bits per heavy atom. The molecule has 1 saturated heterocycles. The van der Waals surface area contributed by atoms with Crippen molar-refractivity contribution in [2.45, 2.75) is 21.8 Å². The van der Waals surface area contributed by atoms with E-state index >= 15 is 0 Å². The van der Waals surface area contributed by atoms with Gasteiger partial charge in [0.05, 0.1) is 41.5 Å². The molecular weight excluding hydrogens is 474 g/mol. The number of hydrogen-bond acceptors (Lipinski definition) is 8. The number of benzene rings is 2. The van der Waals surface area contributed by atoms with Gasteiger partial charge in [-0.1, -0.05) is 66.0 Å². The molecule has 0 radical (unpaired) electrons. The Balaban J connectivity index is 1.31. The maximum Gasteiger partial charge on any atom is 0.233 e. The number of amides is 1. The highest BCUT2D eigenvalue weighted by Gasteiger charge is 2.20. The highest BCUT2D eigenvalue weighted by atomic mass is 32.2. The van der Waals surface area contributed by atoms with Crippen molar-refractivity contribution in [1.82, 2.24) is 24.6 Å². The number of rotatable bonds is 8. The number of fused-ring (bicyclic) bond motifs is 1. The average molecular weight is 498 g/mol. The van der Waals surface area contributed by atoms with Gasteiger partial charge >= 0.3 is 0 Å². The van der Waals surface area contributed by atoms with E-state index in [1.54, 1.807) is 23.1 Å². The molecular formula is C23H23N5O2S3. The van der Waals surface area contributed by atoms with E-state index in [1.807, 2.05) is 41.3 Å². The van der Waals surface area contributed by atoms with Crippen LogP contribution in [0, 0.1) is 0 Å². The van der Waals surface area contributed by atoms with E-state index in [9.17, 15) is 4.79 Å². The first-order chi connectivity index (χ1) is 16.3. The van der Waals surface area contributed by atoms with Crippen LogP contribution < -0.4 is 0 Å². The first-order valence-corrected chi connectivity index (χ1v) is 13.5. The first kappa shape index (κ1) is 22.4. The van der Waals surface area contributed by atoms with Crippen molar-refractivity contribution in [2.75, 3.05) is 32.1 Å². The number of para-hydroxylation sites is 1. The maximum atomic E-state index is 12.6. The lowest BCUT2D eigenvalue weighted by molar-refractivity contribution is -0.132. The third-order valence-corrected chi connectivity index (χ3v) is 8.39. The third-order valence-electron chi connectivity index (χ3n) is 5.26. The van der Waals surface area contributed by atoms with Crippen LogP contribution in [0.5, 0.6) is 0 Å². The zero-order chi connectivity index (χ0) is 22.5. The van der Waals surface area contributed by atoms with Gasteiger partial charge in [0.1, 0.15) is 5.82 Å². The largest absolute Gasteiger partial charge is 0.378 e. The van der Waals surface area contributed by atoms with Gasteiger partial charge in [-0.25, -0.2) is 4.98 Å². The van der Waals surface area contributed by atoms with E-state index in [1.165, 1.54) is 22.0 Å². The minimum Gasteiger partial charge on any atom is -0.378 e. The number of nitrogens with zero attached hydrogens (tertiary/aromatic N) is 5. The smallest absolute Gasteiger partial charge is 0.233 e. The molecule has 5 rings (SSSR count). The molecule has 0 saturated carbocycles. The fourth-order valence-electron chi connectivity index (χ4n) is 3.53. The number of carbonyl (C=O) groups is 1. The van der Waals surface area contributed by atoms with Crippen molar-refractivity contribution < 1.29 is 9.53 Å². The molecule has 0 spiro atoms. The molecule has 7 nitrogen and oxygen atoms in total. The molecule has 4 aromatic rings. The van der Waals surface area contributed by atoms with E-state index < -0.39 is 0 Å². The van der Waals surface area contributed by atoms with E-state index in [2.05, 4.69) is 33.0 Å². The van der Waals surface area contributed by atoms with Gasteiger partial charge < -0.3 is 14.2 Å². The lowest BCUT2D eigenvalue weighted by Crippen LogP contribution is -2.41. The van der Waals surface area contributed by atoms with E-state index in [-0.39, 0.29) is 5.91 Å². The second-order valence-corrected chi connectivity index (χ2v) is 10.7. The molecule has 2 aromatic carbocycles. The van der Waals surface area contributed by atoms with E-state index in [0.717, 1.165) is 20.8 Å². The molecule has 0 N–H and O–H groups in total. The summed E-state index contributed by atoms with van der Waals surface area (Å²) in [5.41, 5.74) is 2.19. The second-order valence-electron chi connectivity index (χ2n) is 7.49. The second kappa shape index (κ2) is 10.7. The lowest BCUT2D eigenvalue weighted by Gasteiger charge is -2.26. The predicted molar refractivity (Wildman–Crippen MR) is 133 cm³/mol. The SMILES string of the molecule is O=C(CSc1nnc(CSc2nc3ccccc3s2)n1Cc1ccccc1)N1CCOCC1. The molecule has 1 fully saturated rings. The zero-order valence-corrected chi connectivity index (χ0v) is 20.4. The Labute approximate surface area is 204 Å². The summed E-state index contributed by atoms with van der Waals surface area (Å²) in [7, 11) is 0. The summed E-state index contributed by atoms with van der Waals surface area (Å²) in [6.07, 6.45) is 0. The van der Waals surface area contributed by atoms with Crippen molar-refractivity contribution in [3.63, 3.8) is 0 Å². The fraction of sp³-hybridized carbons (Fsp3) is 0.304. The summed E-state index contributed by atoms with van der Waals surface area (Å²) in [4.78, 5) is 19.2. The summed E-state index contributed by atoms with van der Waals surface area (Å²) in [5, 5.41) is 9.67. The van der Waals surface area contributed by atoms with Crippen molar-refractivity contribution in [1.29, 1.82) is 0 Å². The number of thioether (sulfide) groups is 2. The number of hydrogen-bond donors (Lipinski definition) is 0. The predicted octanol–water partition coefficient (Wildman–Crippen LogP) is 4.18. The number of morpholine rings is 1. The van der Waals surface area contributed by atoms with Crippen LogP contribution in [0.1, 0.15) is 11.4 Å². The van der Waals surface area contributed by atoms with Crippen LogP contribution in [0.15, 0.2) is 64.1 Å². The number of ether oxygens (including phenoxy) is 1. The minimum atomic E-state index is 0.114. The first-order valence-electron chi connectivity index (χ1n) is 10.7. The van der Waals surface area contributed by atoms with Gasteiger partial charge in [-0.05, 0) is 17.7 Å². The van der Waals surface area contributed by atoms with Crippen LogP contribution in [-0.4, -0.2) is 62.6 Å². The Morgan fingerprint density at radius 3 is 2.61 bits per heavy atom. The lowest BCUT2D eigenvalue weighted by atomic mass is 10.2.